The number of methoxy groups -OCH3 is 1. The molecule has 0 bridgehead atoms. The van der Waals surface area contributed by atoms with Crippen LogP contribution < -0.4 is 10.1 Å². The van der Waals surface area contributed by atoms with E-state index < -0.39 is 4.92 Å². The quantitative estimate of drug-likeness (QED) is 0.642. The van der Waals surface area contributed by atoms with Crippen LogP contribution in [0.15, 0.2) is 24.5 Å². The summed E-state index contributed by atoms with van der Waals surface area (Å²) in [5.41, 5.74) is 0.230. The predicted octanol–water partition coefficient (Wildman–Crippen LogP) is 2.28. The molecule has 0 atom stereocenters. The van der Waals surface area contributed by atoms with Crippen molar-refractivity contribution in [2.45, 2.75) is 13.3 Å². The molecule has 0 aliphatic rings. The maximum Gasteiger partial charge on any atom is 0.315 e. The van der Waals surface area contributed by atoms with Crippen LogP contribution in [0.5, 0.6) is 5.75 Å². The molecular formula is C13H15N5O3. The average Bonchev–Trinajstić information content (AvgIpc) is 2.52. The summed E-state index contributed by atoms with van der Waals surface area (Å²) in [6, 6.07) is 3.36. The van der Waals surface area contributed by atoms with E-state index >= 15 is 0 Å². The number of nitro groups is 1. The van der Waals surface area contributed by atoms with Crippen molar-refractivity contribution < 1.29 is 9.66 Å². The van der Waals surface area contributed by atoms with Crippen molar-refractivity contribution in [3.63, 3.8) is 0 Å². The topological polar surface area (TPSA) is 103 Å². The minimum Gasteiger partial charge on any atom is -0.494 e. The van der Waals surface area contributed by atoms with E-state index in [1.165, 1.54) is 19.5 Å². The molecule has 2 aromatic rings. The Morgan fingerprint density at radius 2 is 2.19 bits per heavy atom. The van der Waals surface area contributed by atoms with Gasteiger partial charge in [0.1, 0.15) is 17.6 Å². The fraction of sp³-hybridized carbons (Fsp3) is 0.308. The number of nitrogens with zero attached hydrogens (tertiary/aromatic N) is 4. The number of hydrogen-bond donors (Lipinski definition) is 1. The Morgan fingerprint density at radius 1 is 1.38 bits per heavy atom. The van der Waals surface area contributed by atoms with E-state index in [0.29, 0.717) is 23.9 Å². The molecule has 0 spiro atoms. The minimum absolute atomic E-state index is 0.131. The number of pyridine rings is 1. The lowest BCUT2D eigenvalue weighted by molar-refractivity contribution is -0.384. The van der Waals surface area contributed by atoms with E-state index in [2.05, 4.69) is 20.3 Å². The highest BCUT2D eigenvalue weighted by Gasteiger charge is 2.22. The maximum absolute atomic E-state index is 11.2. The number of hydrogen-bond acceptors (Lipinski definition) is 7. The monoisotopic (exact) mass is 289 g/mol. The van der Waals surface area contributed by atoms with E-state index in [1.54, 1.807) is 12.1 Å². The first-order valence-corrected chi connectivity index (χ1v) is 6.42. The van der Waals surface area contributed by atoms with Gasteiger partial charge < -0.3 is 10.1 Å². The van der Waals surface area contributed by atoms with Gasteiger partial charge in [-0.25, -0.2) is 9.97 Å². The summed E-state index contributed by atoms with van der Waals surface area (Å²) in [7, 11) is 1.48. The molecule has 2 heterocycles. The molecule has 0 unspecified atom stereocenters. The summed E-state index contributed by atoms with van der Waals surface area (Å²) in [5.74, 6) is 0.742. The van der Waals surface area contributed by atoms with Crippen LogP contribution in [0.4, 0.5) is 11.6 Å². The van der Waals surface area contributed by atoms with Crippen molar-refractivity contribution in [3.8, 4) is 17.1 Å². The highest BCUT2D eigenvalue weighted by atomic mass is 16.6. The average molecular weight is 289 g/mol. The van der Waals surface area contributed by atoms with Crippen molar-refractivity contribution in [1.82, 2.24) is 15.0 Å². The Hall–Kier alpha value is -2.77. The van der Waals surface area contributed by atoms with Crippen molar-refractivity contribution >= 4 is 11.6 Å². The van der Waals surface area contributed by atoms with Crippen LogP contribution in [-0.4, -0.2) is 33.5 Å². The molecule has 0 radical (unpaired) electrons. The van der Waals surface area contributed by atoms with Crippen molar-refractivity contribution in [3.05, 3.63) is 34.6 Å². The van der Waals surface area contributed by atoms with Crippen molar-refractivity contribution in [2.75, 3.05) is 19.0 Å². The number of aromatic nitrogens is 3. The van der Waals surface area contributed by atoms with Crippen LogP contribution in [0.2, 0.25) is 0 Å². The van der Waals surface area contributed by atoms with Gasteiger partial charge in [-0.05, 0) is 18.6 Å². The Balaban J connectivity index is 2.55. The second-order valence-corrected chi connectivity index (χ2v) is 4.17. The predicted molar refractivity (Wildman–Crippen MR) is 77.3 cm³/mol. The standard InChI is InChI=1S/C13H15N5O3/c1-3-6-15-13-16-8-9(18(19)20)11(17-13)12-10(21-2)5-4-7-14-12/h4-5,7-8H,3,6H2,1-2H3,(H,15,16,17). The zero-order chi connectivity index (χ0) is 15.2. The summed E-state index contributed by atoms with van der Waals surface area (Å²) in [4.78, 5) is 22.9. The fourth-order valence-electron chi connectivity index (χ4n) is 1.74. The van der Waals surface area contributed by atoms with Gasteiger partial charge in [-0.3, -0.25) is 15.1 Å². The van der Waals surface area contributed by atoms with Gasteiger partial charge in [-0.15, -0.1) is 0 Å². The van der Waals surface area contributed by atoms with E-state index in [9.17, 15) is 10.1 Å². The van der Waals surface area contributed by atoms with Gasteiger partial charge >= 0.3 is 5.69 Å². The molecule has 2 aromatic heterocycles. The normalized spacial score (nSPS) is 10.2. The van der Waals surface area contributed by atoms with E-state index in [4.69, 9.17) is 4.74 Å². The van der Waals surface area contributed by atoms with E-state index in [-0.39, 0.29) is 11.4 Å². The Labute approximate surface area is 121 Å². The lowest BCUT2D eigenvalue weighted by Gasteiger charge is -2.08. The Morgan fingerprint density at radius 3 is 2.86 bits per heavy atom. The van der Waals surface area contributed by atoms with Gasteiger partial charge in [0.2, 0.25) is 5.95 Å². The zero-order valence-corrected chi connectivity index (χ0v) is 11.7. The SMILES string of the molecule is CCCNc1ncc([N+](=O)[O-])c(-c2ncccc2OC)n1. The van der Waals surface area contributed by atoms with Gasteiger partial charge in [-0.2, -0.15) is 0 Å². The summed E-state index contributed by atoms with van der Waals surface area (Å²) in [5, 5.41) is 14.2. The summed E-state index contributed by atoms with van der Waals surface area (Å²) in [6.45, 7) is 2.68. The smallest absolute Gasteiger partial charge is 0.315 e. The molecule has 0 saturated heterocycles. The first-order valence-electron chi connectivity index (χ1n) is 6.42. The highest BCUT2D eigenvalue weighted by Crippen LogP contribution is 2.32. The molecule has 0 saturated carbocycles. The molecule has 0 aromatic carbocycles. The lowest BCUT2D eigenvalue weighted by atomic mass is 10.2. The first-order chi connectivity index (χ1) is 10.2. The molecule has 0 amide bonds. The van der Waals surface area contributed by atoms with Crippen LogP contribution >= 0.6 is 0 Å². The number of ether oxygens (including phenoxy) is 1. The summed E-state index contributed by atoms with van der Waals surface area (Å²) in [6.07, 6.45) is 3.60. The molecule has 0 fully saturated rings. The molecule has 8 heteroatoms. The van der Waals surface area contributed by atoms with Gasteiger partial charge in [0.15, 0.2) is 5.69 Å². The third-order valence-electron chi connectivity index (χ3n) is 2.71. The molecule has 1 N–H and O–H groups in total. The van der Waals surface area contributed by atoms with Crippen LogP contribution in [0.1, 0.15) is 13.3 Å². The first kappa shape index (κ1) is 14.6. The Kier molecular flexibility index (Phi) is 4.60. The highest BCUT2D eigenvalue weighted by molar-refractivity contribution is 5.71. The van der Waals surface area contributed by atoms with Gasteiger partial charge in [0, 0.05) is 12.7 Å². The van der Waals surface area contributed by atoms with Crippen molar-refractivity contribution in [1.29, 1.82) is 0 Å². The fourth-order valence-corrected chi connectivity index (χ4v) is 1.74. The second-order valence-electron chi connectivity index (χ2n) is 4.17. The zero-order valence-electron chi connectivity index (χ0n) is 11.7. The largest absolute Gasteiger partial charge is 0.494 e. The molecule has 2 rings (SSSR count). The molecule has 21 heavy (non-hydrogen) atoms. The van der Waals surface area contributed by atoms with Gasteiger partial charge in [0.05, 0.1) is 12.0 Å². The lowest BCUT2D eigenvalue weighted by Crippen LogP contribution is -2.07. The molecule has 0 aliphatic heterocycles. The third-order valence-corrected chi connectivity index (χ3v) is 2.71. The van der Waals surface area contributed by atoms with E-state index in [1.807, 2.05) is 6.92 Å². The number of anilines is 1. The number of rotatable bonds is 6. The molecule has 110 valence electrons. The molecule has 0 aliphatic carbocycles. The van der Waals surface area contributed by atoms with E-state index in [0.717, 1.165) is 6.42 Å². The van der Waals surface area contributed by atoms with Gasteiger partial charge in [-0.1, -0.05) is 6.92 Å². The van der Waals surface area contributed by atoms with Crippen molar-refractivity contribution in [2.24, 2.45) is 0 Å². The summed E-state index contributed by atoms with van der Waals surface area (Å²) < 4.78 is 5.19. The Bertz CT molecular complexity index is 647. The van der Waals surface area contributed by atoms with Crippen LogP contribution in [0.25, 0.3) is 11.4 Å². The second kappa shape index (κ2) is 6.60. The minimum atomic E-state index is -0.535. The molecular weight excluding hydrogens is 274 g/mol. The van der Waals surface area contributed by atoms with Crippen LogP contribution in [-0.2, 0) is 0 Å². The molecule has 8 nitrogen and oxygen atoms in total. The maximum atomic E-state index is 11.2. The van der Waals surface area contributed by atoms with Crippen LogP contribution in [0.3, 0.4) is 0 Å². The van der Waals surface area contributed by atoms with Crippen LogP contribution in [0, 0.1) is 10.1 Å². The number of nitrogens with one attached hydrogen (secondary N) is 1. The summed E-state index contributed by atoms with van der Waals surface area (Å²) >= 11 is 0. The third kappa shape index (κ3) is 3.22. The van der Waals surface area contributed by atoms with Gasteiger partial charge in [0.25, 0.3) is 0 Å².